The second-order valence-corrected chi connectivity index (χ2v) is 12.2. The van der Waals surface area contributed by atoms with Crippen LogP contribution in [0.3, 0.4) is 0 Å². The number of para-hydroxylation sites is 2. The van der Waals surface area contributed by atoms with Crippen LogP contribution in [0, 0.1) is 0 Å². The Morgan fingerprint density at radius 2 is 0.761 bits per heavy atom. The van der Waals surface area contributed by atoms with Crippen molar-refractivity contribution in [2.75, 3.05) is 0 Å². The minimum absolute atomic E-state index is 0.0494. The van der Waals surface area contributed by atoms with Crippen LogP contribution in [0.1, 0.15) is 31.8 Å². The number of aromatic hydroxyl groups is 2. The topological polar surface area (TPSA) is 100 Å². The second-order valence-electron chi connectivity index (χ2n) is 12.2. The zero-order chi connectivity index (χ0) is 30.6. The fourth-order valence-electron chi connectivity index (χ4n) is 8.14. The minimum atomic E-state index is -0.252. The number of carbonyl (C=O) groups excluding carboxylic acids is 2. The van der Waals surface area contributed by atoms with Gasteiger partial charge in [0.15, 0.2) is 11.6 Å². The summed E-state index contributed by atoms with van der Waals surface area (Å²) in [6.07, 6.45) is 0. The minimum Gasteiger partial charge on any atom is -0.506 e. The Balaban J connectivity index is 1.29. The molecule has 0 radical (unpaired) electrons. The van der Waals surface area contributed by atoms with Crippen LogP contribution >= 0.6 is 0 Å². The molecule has 0 amide bonds. The fourth-order valence-corrected chi connectivity index (χ4v) is 8.14. The number of hydrogen-bond acceptors (Lipinski definition) is 6. The average molecular weight is 591 g/mol. The lowest BCUT2D eigenvalue weighted by Crippen LogP contribution is -2.13. The van der Waals surface area contributed by atoms with E-state index in [0.717, 1.165) is 54.2 Å². The summed E-state index contributed by atoms with van der Waals surface area (Å²) in [5.74, 6) is -0.602. The van der Waals surface area contributed by atoms with Gasteiger partial charge in [-0.15, -0.1) is 0 Å². The number of rotatable bonds is 0. The standard InChI is InChI=1S/C40H18N2O4/c43-37-21-5-1-3-7-27(21)41-35-23-13-9-17-18-10-14-24-32-26(40(46)34-36(24)42-28-8-4-2-6-22(28)38(34)44)16-12-20(30(18)32)19-11-15-25(31(23)29(17)19)39(45)33(35)37/h1-16H,(H,41,43)(H,42,44). The van der Waals surface area contributed by atoms with Gasteiger partial charge in [0.05, 0.1) is 33.5 Å². The molecule has 6 heteroatoms. The van der Waals surface area contributed by atoms with E-state index in [-0.39, 0.29) is 34.2 Å². The first-order chi connectivity index (χ1) is 22.5. The largest absolute Gasteiger partial charge is 0.506 e. The average Bonchev–Trinajstić information content (AvgIpc) is 3.09. The number of aromatic nitrogens is 2. The molecule has 0 fully saturated rings. The lowest BCUT2D eigenvalue weighted by Gasteiger charge is -2.25. The summed E-state index contributed by atoms with van der Waals surface area (Å²) < 4.78 is 0. The van der Waals surface area contributed by atoms with E-state index >= 15 is 0 Å². The van der Waals surface area contributed by atoms with Crippen LogP contribution in [0.15, 0.2) is 97.1 Å². The second kappa shape index (κ2) is 7.81. The molecule has 0 bridgehead atoms. The zero-order valence-electron chi connectivity index (χ0n) is 23.8. The molecule has 212 valence electrons. The van der Waals surface area contributed by atoms with Crippen LogP contribution in [0.5, 0.6) is 11.5 Å². The molecule has 0 atom stereocenters. The highest BCUT2D eigenvalue weighted by atomic mass is 16.3. The summed E-state index contributed by atoms with van der Waals surface area (Å²) >= 11 is 0. The summed E-state index contributed by atoms with van der Waals surface area (Å²) in [6, 6.07) is 30.3. The monoisotopic (exact) mass is 590 g/mol. The third-order valence-electron chi connectivity index (χ3n) is 10.1. The van der Waals surface area contributed by atoms with E-state index in [0.29, 0.717) is 44.3 Å². The summed E-state index contributed by atoms with van der Waals surface area (Å²) in [6.45, 7) is 0. The van der Waals surface area contributed by atoms with Gasteiger partial charge in [-0.25, -0.2) is 9.97 Å². The maximum absolute atomic E-state index is 14.1. The van der Waals surface area contributed by atoms with Gasteiger partial charge in [-0.1, -0.05) is 60.7 Å². The van der Waals surface area contributed by atoms with Crippen LogP contribution in [0.2, 0.25) is 0 Å². The molecule has 0 spiro atoms. The maximum atomic E-state index is 14.1. The normalized spacial score (nSPS) is 13.5. The molecule has 0 saturated carbocycles. The lowest BCUT2D eigenvalue weighted by molar-refractivity contribution is 0.102. The highest BCUT2D eigenvalue weighted by Gasteiger charge is 2.34. The van der Waals surface area contributed by atoms with E-state index in [1.165, 1.54) is 0 Å². The van der Waals surface area contributed by atoms with Gasteiger partial charge in [-0.05, 0) is 68.7 Å². The molecule has 6 nitrogen and oxygen atoms in total. The summed E-state index contributed by atoms with van der Waals surface area (Å²) in [5, 5.41) is 31.0. The Labute approximate surface area is 259 Å². The Morgan fingerprint density at radius 1 is 0.391 bits per heavy atom. The number of hydrogen-bond donors (Lipinski definition) is 2. The molecule has 2 heterocycles. The third-order valence-corrected chi connectivity index (χ3v) is 10.1. The van der Waals surface area contributed by atoms with Crippen LogP contribution in [-0.4, -0.2) is 31.7 Å². The van der Waals surface area contributed by atoms with Crippen molar-refractivity contribution in [3.8, 4) is 34.0 Å². The van der Waals surface area contributed by atoms with Gasteiger partial charge in [-0.2, -0.15) is 0 Å². The van der Waals surface area contributed by atoms with Crippen molar-refractivity contribution in [2.45, 2.75) is 0 Å². The summed E-state index contributed by atoms with van der Waals surface area (Å²) in [4.78, 5) is 37.9. The lowest BCUT2D eigenvalue weighted by atomic mass is 9.77. The molecule has 2 aliphatic rings. The SMILES string of the molecule is O=C1c2c(nc3ccccc3c2O)-c2ccc3c4ccc5c6c(ccc(c7ccc1c2c73)c64)C(=O)c1c-5nc2ccccc2c1O. The van der Waals surface area contributed by atoms with Crippen LogP contribution < -0.4 is 0 Å². The number of nitrogens with zero attached hydrogens (tertiary/aromatic N) is 2. The first-order valence-corrected chi connectivity index (χ1v) is 15.0. The molecule has 2 N–H and O–H groups in total. The summed E-state index contributed by atoms with van der Waals surface area (Å²) in [5.41, 5.74) is 5.32. The van der Waals surface area contributed by atoms with Crippen LogP contribution in [-0.2, 0) is 0 Å². The molecule has 7 aromatic carbocycles. The number of pyridine rings is 2. The van der Waals surface area contributed by atoms with E-state index < -0.39 is 0 Å². The van der Waals surface area contributed by atoms with Gasteiger partial charge in [0, 0.05) is 43.8 Å². The molecule has 0 unspecified atom stereocenters. The van der Waals surface area contributed by atoms with Gasteiger partial charge in [-0.3, -0.25) is 9.59 Å². The first-order valence-electron chi connectivity index (χ1n) is 15.0. The van der Waals surface area contributed by atoms with Crippen LogP contribution in [0.4, 0.5) is 0 Å². The van der Waals surface area contributed by atoms with Crippen molar-refractivity contribution in [1.29, 1.82) is 0 Å². The smallest absolute Gasteiger partial charge is 0.199 e. The molecule has 46 heavy (non-hydrogen) atoms. The van der Waals surface area contributed by atoms with Gasteiger partial charge in [0.25, 0.3) is 0 Å². The van der Waals surface area contributed by atoms with E-state index in [4.69, 9.17) is 9.97 Å². The third kappa shape index (κ3) is 2.58. The predicted molar refractivity (Wildman–Crippen MR) is 179 cm³/mol. The Hall–Kier alpha value is -6.40. The number of carbonyl (C=O) groups is 2. The van der Waals surface area contributed by atoms with Crippen molar-refractivity contribution in [3.05, 3.63) is 119 Å². The summed E-state index contributed by atoms with van der Waals surface area (Å²) in [7, 11) is 0. The van der Waals surface area contributed by atoms with Crippen molar-refractivity contribution in [3.63, 3.8) is 0 Å². The number of benzene rings is 7. The van der Waals surface area contributed by atoms with E-state index in [1.54, 1.807) is 12.1 Å². The number of fused-ring (bicyclic) bond motifs is 8. The van der Waals surface area contributed by atoms with E-state index in [2.05, 4.69) is 12.1 Å². The molecule has 11 rings (SSSR count). The van der Waals surface area contributed by atoms with E-state index in [1.807, 2.05) is 72.8 Å². The molecule has 9 aromatic rings. The fraction of sp³-hybridized carbons (Fsp3) is 0. The highest BCUT2D eigenvalue weighted by molar-refractivity contribution is 6.41. The highest BCUT2D eigenvalue weighted by Crippen LogP contribution is 2.52. The molecular weight excluding hydrogens is 572 g/mol. The van der Waals surface area contributed by atoms with Crippen molar-refractivity contribution >= 4 is 76.5 Å². The van der Waals surface area contributed by atoms with Crippen molar-refractivity contribution in [1.82, 2.24) is 9.97 Å². The quantitative estimate of drug-likeness (QED) is 0.135. The van der Waals surface area contributed by atoms with Gasteiger partial charge in [0.2, 0.25) is 0 Å². The molecule has 2 aliphatic carbocycles. The predicted octanol–water partition coefficient (Wildman–Crippen LogP) is 8.67. The van der Waals surface area contributed by atoms with Gasteiger partial charge < -0.3 is 10.2 Å². The maximum Gasteiger partial charge on any atom is 0.199 e. The Bertz CT molecular complexity index is 2760. The molecular formula is C40H18N2O4. The molecule has 0 saturated heterocycles. The Morgan fingerprint density at radius 3 is 1.17 bits per heavy atom. The van der Waals surface area contributed by atoms with E-state index in [9.17, 15) is 19.8 Å². The number of ketones is 2. The van der Waals surface area contributed by atoms with Gasteiger partial charge >= 0.3 is 0 Å². The molecule has 0 aliphatic heterocycles. The zero-order valence-corrected chi connectivity index (χ0v) is 23.8. The van der Waals surface area contributed by atoms with Gasteiger partial charge in [0.1, 0.15) is 11.5 Å². The van der Waals surface area contributed by atoms with Crippen LogP contribution in [0.25, 0.3) is 87.4 Å². The van der Waals surface area contributed by atoms with Crippen molar-refractivity contribution in [2.24, 2.45) is 0 Å². The molecule has 2 aromatic heterocycles. The van der Waals surface area contributed by atoms with Crippen molar-refractivity contribution < 1.29 is 19.8 Å². The Kier molecular flexibility index (Phi) is 4.07. The first kappa shape index (κ1) is 24.0.